The van der Waals surface area contributed by atoms with Crippen LogP contribution in [0.1, 0.15) is 53.9 Å². The first-order valence-corrected chi connectivity index (χ1v) is 7.54. The number of ether oxygens (including phenoxy) is 1. The van der Waals surface area contributed by atoms with Crippen LogP contribution < -0.4 is 5.73 Å². The maximum atomic E-state index is 12.0. The number of carbonyl (C=O) groups excluding carboxylic acids is 1. The third-order valence-electron chi connectivity index (χ3n) is 2.78. The van der Waals surface area contributed by atoms with Gasteiger partial charge < -0.3 is 15.4 Å². The number of amides is 1. The van der Waals surface area contributed by atoms with Crippen LogP contribution in [0.25, 0.3) is 0 Å². The second-order valence-electron chi connectivity index (χ2n) is 6.17. The fraction of sp³-hybridized carbons (Fsp3) is 0.933. The van der Waals surface area contributed by atoms with Gasteiger partial charge in [-0.15, -0.1) is 12.4 Å². The highest BCUT2D eigenvalue weighted by molar-refractivity contribution is 5.85. The summed E-state index contributed by atoms with van der Waals surface area (Å²) in [6, 6.07) is -0.0381. The minimum atomic E-state index is -0.227. The molecule has 0 saturated carbocycles. The van der Waals surface area contributed by atoms with Gasteiger partial charge in [0.2, 0.25) is 0 Å². The van der Waals surface area contributed by atoms with E-state index in [2.05, 4.69) is 34.6 Å². The number of rotatable bonds is 9. The predicted molar refractivity (Wildman–Crippen MR) is 87.3 cm³/mol. The van der Waals surface area contributed by atoms with E-state index in [0.29, 0.717) is 18.4 Å². The van der Waals surface area contributed by atoms with Gasteiger partial charge in [-0.25, -0.2) is 4.79 Å². The Hall–Kier alpha value is -0.480. The smallest absolute Gasteiger partial charge is 0.409 e. The molecule has 0 spiro atoms. The summed E-state index contributed by atoms with van der Waals surface area (Å²) in [4.78, 5) is 13.8. The molecule has 0 saturated heterocycles. The van der Waals surface area contributed by atoms with Gasteiger partial charge in [-0.05, 0) is 18.3 Å². The molecular formula is C15H33ClN2O2. The normalized spacial score (nSPS) is 12.2. The van der Waals surface area contributed by atoms with E-state index < -0.39 is 0 Å². The monoisotopic (exact) mass is 308 g/mol. The summed E-state index contributed by atoms with van der Waals surface area (Å²) in [5.74, 6) is 0.889. The minimum Gasteiger partial charge on any atom is -0.448 e. The van der Waals surface area contributed by atoms with E-state index in [9.17, 15) is 4.79 Å². The molecule has 1 amide bonds. The van der Waals surface area contributed by atoms with Crippen molar-refractivity contribution in [1.29, 1.82) is 0 Å². The lowest BCUT2D eigenvalue weighted by Gasteiger charge is -2.26. The van der Waals surface area contributed by atoms with Crippen LogP contribution in [0, 0.1) is 11.8 Å². The van der Waals surface area contributed by atoms with E-state index >= 15 is 0 Å². The third kappa shape index (κ3) is 11.4. The fourth-order valence-corrected chi connectivity index (χ4v) is 1.92. The van der Waals surface area contributed by atoms with Crippen LogP contribution >= 0.6 is 12.4 Å². The van der Waals surface area contributed by atoms with Crippen LogP contribution in [0.4, 0.5) is 4.79 Å². The molecule has 0 aromatic carbocycles. The van der Waals surface area contributed by atoms with Crippen LogP contribution in [0.15, 0.2) is 0 Å². The zero-order valence-corrected chi connectivity index (χ0v) is 14.5. The van der Waals surface area contributed by atoms with Gasteiger partial charge in [0, 0.05) is 19.1 Å². The van der Waals surface area contributed by atoms with E-state index in [1.807, 2.05) is 0 Å². The molecule has 0 heterocycles. The maximum absolute atomic E-state index is 12.0. The van der Waals surface area contributed by atoms with Crippen molar-refractivity contribution in [1.82, 2.24) is 4.90 Å². The van der Waals surface area contributed by atoms with Crippen LogP contribution in [0.2, 0.25) is 0 Å². The van der Waals surface area contributed by atoms with Gasteiger partial charge in [0.25, 0.3) is 0 Å². The van der Waals surface area contributed by atoms with E-state index in [1.54, 1.807) is 4.90 Å². The Kier molecular flexibility index (Phi) is 13.4. The summed E-state index contributed by atoms with van der Waals surface area (Å²) in [5, 5.41) is 0. The Balaban J connectivity index is 0. The Morgan fingerprint density at radius 2 is 1.65 bits per heavy atom. The van der Waals surface area contributed by atoms with Crippen molar-refractivity contribution in [3.63, 3.8) is 0 Å². The quantitative estimate of drug-likeness (QED) is 0.707. The van der Waals surface area contributed by atoms with Gasteiger partial charge in [-0.1, -0.05) is 47.5 Å². The first-order valence-electron chi connectivity index (χ1n) is 7.54. The average Bonchev–Trinajstić information content (AvgIpc) is 2.31. The molecule has 122 valence electrons. The van der Waals surface area contributed by atoms with E-state index in [-0.39, 0.29) is 24.5 Å². The van der Waals surface area contributed by atoms with Crippen LogP contribution in [-0.4, -0.2) is 36.7 Å². The van der Waals surface area contributed by atoms with Crippen LogP contribution in [-0.2, 0) is 4.74 Å². The van der Waals surface area contributed by atoms with Crippen molar-refractivity contribution in [2.75, 3.05) is 19.7 Å². The molecule has 0 radical (unpaired) electrons. The average molecular weight is 309 g/mol. The first kappa shape index (κ1) is 21.8. The molecule has 0 aliphatic carbocycles. The standard InChI is InChI=1S/C15H32N2O2.ClH/c1-6-7-8-14(16)11-19-15(18)17(9-12(2)3)10-13(4)5;/h12-14H,6-11,16H2,1-5H3;1H/t14-;/m0./s1. The van der Waals surface area contributed by atoms with Gasteiger partial charge in [-0.3, -0.25) is 0 Å². The number of unbranched alkanes of at least 4 members (excludes halogenated alkanes) is 1. The largest absolute Gasteiger partial charge is 0.448 e. The Bertz CT molecular complexity index is 238. The summed E-state index contributed by atoms with van der Waals surface area (Å²) < 4.78 is 5.33. The highest BCUT2D eigenvalue weighted by Crippen LogP contribution is 2.07. The summed E-state index contributed by atoms with van der Waals surface area (Å²) in [5.41, 5.74) is 5.91. The lowest BCUT2D eigenvalue weighted by atomic mass is 10.1. The molecule has 0 aromatic heterocycles. The molecule has 4 nitrogen and oxygen atoms in total. The van der Waals surface area contributed by atoms with Crippen molar-refractivity contribution in [2.45, 2.75) is 59.9 Å². The zero-order chi connectivity index (χ0) is 14.8. The van der Waals surface area contributed by atoms with Crippen molar-refractivity contribution in [3.8, 4) is 0 Å². The lowest BCUT2D eigenvalue weighted by Crippen LogP contribution is -2.39. The number of carbonyl (C=O) groups is 1. The second kappa shape index (κ2) is 12.3. The van der Waals surface area contributed by atoms with Crippen LogP contribution in [0.3, 0.4) is 0 Å². The van der Waals surface area contributed by atoms with E-state index in [4.69, 9.17) is 10.5 Å². The molecule has 0 aliphatic rings. The van der Waals surface area contributed by atoms with Gasteiger partial charge in [0.05, 0.1) is 0 Å². The molecule has 0 unspecified atom stereocenters. The second-order valence-corrected chi connectivity index (χ2v) is 6.17. The van der Waals surface area contributed by atoms with Crippen molar-refractivity contribution >= 4 is 18.5 Å². The number of hydrogen-bond acceptors (Lipinski definition) is 3. The Labute approximate surface area is 130 Å². The molecule has 0 bridgehead atoms. The molecule has 0 aromatic rings. The Morgan fingerprint density at radius 3 is 2.05 bits per heavy atom. The molecular weight excluding hydrogens is 276 g/mol. The van der Waals surface area contributed by atoms with Gasteiger partial charge in [-0.2, -0.15) is 0 Å². The third-order valence-corrected chi connectivity index (χ3v) is 2.78. The molecule has 0 aliphatic heterocycles. The molecule has 0 rings (SSSR count). The van der Waals surface area contributed by atoms with Gasteiger partial charge in [0.15, 0.2) is 0 Å². The highest BCUT2D eigenvalue weighted by atomic mass is 35.5. The summed E-state index contributed by atoms with van der Waals surface area (Å²) in [6.07, 6.45) is 2.89. The maximum Gasteiger partial charge on any atom is 0.409 e. The summed E-state index contributed by atoms with van der Waals surface area (Å²) in [7, 11) is 0. The fourth-order valence-electron chi connectivity index (χ4n) is 1.92. The molecule has 1 atom stereocenters. The van der Waals surface area contributed by atoms with Crippen molar-refractivity contribution in [2.24, 2.45) is 17.6 Å². The number of nitrogens with zero attached hydrogens (tertiary/aromatic N) is 1. The zero-order valence-electron chi connectivity index (χ0n) is 13.7. The summed E-state index contributed by atoms with van der Waals surface area (Å²) in [6.45, 7) is 12.3. The minimum absolute atomic E-state index is 0. The van der Waals surface area contributed by atoms with Gasteiger partial charge >= 0.3 is 6.09 Å². The SMILES string of the molecule is CCCC[C@H](N)COC(=O)N(CC(C)C)CC(C)C.Cl. The molecule has 5 heteroatoms. The number of hydrogen-bond donors (Lipinski definition) is 1. The highest BCUT2D eigenvalue weighted by Gasteiger charge is 2.18. The van der Waals surface area contributed by atoms with E-state index in [1.165, 1.54) is 0 Å². The van der Waals surface area contributed by atoms with Crippen molar-refractivity contribution in [3.05, 3.63) is 0 Å². The molecule has 20 heavy (non-hydrogen) atoms. The Morgan fingerprint density at radius 1 is 1.15 bits per heavy atom. The molecule has 2 N–H and O–H groups in total. The predicted octanol–water partition coefficient (Wildman–Crippen LogP) is 3.68. The molecule has 0 fully saturated rings. The first-order chi connectivity index (χ1) is 8.86. The van der Waals surface area contributed by atoms with Gasteiger partial charge in [0.1, 0.15) is 6.61 Å². The van der Waals surface area contributed by atoms with E-state index in [0.717, 1.165) is 32.4 Å². The van der Waals surface area contributed by atoms with Crippen molar-refractivity contribution < 1.29 is 9.53 Å². The number of halogens is 1. The van der Waals surface area contributed by atoms with Crippen LogP contribution in [0.5, 0.6) is 0 Å². The topological polar surface area (TPSA) is 55.6 Å². The number of nitrogens with two attached hydrogens (primary N) is 1. The summed E-state index contributed by atoms with van der Waals surface area (Å²) >= 11 is 0. The lowest BCUT2D eigenvalue weighted by molar-refractivity contribution is 0.0874.